The predicted octanol–water partition coefficient (Wildman–Crippen LogP) is 1.79. The summed E-state index contributed by atoms with van der Waals surface area (Å²) >= 11 is 0. The van der Waals surface area contributed by atoms with Crippen LogP contribution in [0.5, 0.6) is 0 Å². The molecule has 1 aromatic heterocycles. The van der Waals surface area contributed by atoms with Gasteiger partial charge in [-0.2, -0.15) is 5.10 Å². The summed E-state index contributed by atoms with van der Waals surface area (Å²) in [5.74, 6) is 1.14. The lowest BCUT2D eigenvalue weighted by molar-refractivity contribution is 0.142. The smallest absolute Gasteiger partial charge is 0.178 e. The standard InChI is InChI=1S/C14H23N3O2S/c1-20(18,19)13-8-15-16-14(13)12-6-3-7-17(10-12)9-11-4-2-5-11/h8,11-12H,2-7,9-10H2,1H3,(H,15,16)/t12-/m1/s1. The fraction of sp³-hybridized carbons (Fsp3) is 0.786. The number of piperidine rings is 1. The van der Waals surface area contributed by atoms with E-state index in [4.69, 9.17) is 0 Å². The lowest BCUT2D eigenvalue weighted by atomic mass is 9.84. The molecule has 112 valence electrons. The summed E-state index contributed by atoms with van der Waals surface area (Å²) in [6.45, 7) is 3.29. The van der Waals surface area contributed by atoms with Crippen LogP contribution in [0.25, 0.3) is 0 Å². The third-order valence-corrected chi connectivity index (χ3v) is 5.81. The fourth-order valence-corrected chi connectivity index (χ4v) is 4.23. The highest BCUT2D eigenvalue weighted by atomic mass is 32.2. The van der Waals surface area contributed by atoms with Crippen LogP contribution in [0.4, 0.5) is 0 Å². The van der Waals surface area contributed by atoms with Crippen LogP contribution in [0.1, 0.15) is 43.7 Å². The zero-order chi connectivity index (χ0) is 14.2. The third-order valence-electron chi connectivity index (χ3n) is 4.69. The van der Waals surface area contributed by atoms with E-state index in [2.05, 4.69) is 15.1 Å². The molecule has 3 rings (SSSR count). The molecule has 0 aromatic carbocycles. The van der Waals surface area contributed by atoms with E-state index in [1.807, 2.05) is 0 Å². The maximum absolute atomic E-state index is 11.8. The molecule has 2 heterocycles. The first-order valence-electron chi connectivity index (χ1n) is 7.49. The van der Waals surface area contributed by atoms with E-state index in [0.29, 0.717) is 4.90 Å². The van der Waals surface area contributed by atoms with Crippen LogP contribution < -0.4 is 0 Å². The van der Waals surface area contributed by atoms with Crippen molar-refractivity contribution < 1.29 is 8.42 Å². The lowest BCUT2D eigenvalue weighted by Gasteiger charge is -2.37. The van der Waals surface area contributed by atoms with E-state index >= 15 is 0 Å². The molecule has 1 N–H and O–H groups in total. The van der Waals surface area contributed by atoms with Gasteiger partial charge in [0, 0.05) is 25.3 Å². The van der Waals surface area contributed by atoms with Crippen molar-refractivity contribution in [2.45, 2.75) is 42.9 Å². The highest BCUT2D eigenvalue weighted by Crippen LogP contribution is 2.32. The monoisotopic (exact) mass is 297 g/mol. The number of nitrogens with zero attached hydrogens (tertiary/aromatic N) is 2. The Morgan fingerprint density at radius 3 is 2.80 bits per heavy atom. The van der Waals surface area contributed by atoms with Crippen LogP contribution in [0.2, 0.25) is 0 Å². The van der Waals surface area contributed by atoms with E-state index in [9.17, 15) is 8.42 Å². The number of hydrogen-bond acceptors (Lipinski definition) is 4. The molecule has 0 radical (unpaired) electrons. The van der Waals surface area contributed by atoms with Crippen molar-refractivity contribution >= 4 is 9.84 Å². The van der Waals surface area contributed by atoms with Gasteiger partial charge in [0.1, 0.15) is 4.90 Å². The van der Waals surface area contributed by atoms with E-state index in [1.54, 1.807) is 0 Å². The molecule has 0 unspecified atom stereocenters. The Balaban J connectivity index is 1.72. The van der Waals surface area contributed by atoms with Gasteiger partial charge >= 0.3 is 0 Å². The number of sulfone groups is 1. The SMILES string of the molecule is CS(=O)(=O)c1cn[nH]c1[C@@H]1CCCN(CC2CCC2)C1. The van der Waals surface area contributed by atoms with Gasteiger partial charge in [-0.25, -0.2) is 8.42 Å². The minimum Gasteiger partial charge on any atom is -0.302 e. The summed E-state index contributed by atoms with van der Waals surface area (Å²) in [4.78, 5) is 2.89. The van der Waals surface area contributed by atoms with Crippen molar-refractivity contribution in [3.63, 3.8) is 0 Å². The van der Waals surface area contributed by atoms with E-state index in [1.165, 1.54) is 38.3 Å². The molecule has 2 fully saturated rings. The van der Waals surface area contributed by atoms with Gasteiger partial charge in [0.25, 0.3) is 0 Å². The van der Waals surface area contributed by atoms with Gasteiger partial charge in [-0.15, -0.1) is 0 Å². The van der Waals surface area contributed by atoms with Crippen molar-refractivity contribution in [3.05, 3.63) is 11.9 Å². The molecule has 0 amide bonds. The second-order valence-electron chi connectivity index (χ2n) is 6.32. The van der Waals surface area contributed by atoms with Crippen molar-refractivity contribution in [2.24, 2.45) is 5.92 Å². The van der Waals surface area contributed by atoms with Crippen LogP contribution in [0.3, 0.4) is 0 Å². The number of aromatic amines is 1. The van der Waals surface area contributed by atoms with E-state index in [-0.39, 0.29) is 5.92 Å². The molecule has 6 heteroatoms. The Bertz CT molecular complexity index is 563. The lowest BCUT2D eigenvalue weighted by Crippen LogP contribution is -2.39. The topological polar surface area (TPSA) is 66.1 Å². The molecular formula is C14H23N3O2S. The number of likely N-dealkylation sites (tertiary alicyclic amines) is 1. The Morgan fingerprint density at radius 2 is 2.15 bits per heavy atom. The van der Waals surface area contributed by atoms with Gasteiger partial charge in [-0.3, -0.25) is 5.10 Å². The highest BCUT2D eigenvalue weighted by Gasteiger charge is 2.29. The Labute approximate surface area is 120 Å². The highest BCUT2D eigenvalue weighted by molar-refractivity contribution is 7.90. The van der Waals surface area contributed by atoms with Crippen molar-refractivity contribution in [1.29, 1.82) is 0 Å². The van der Waals surface area contributed by atoms with Crippen LogP contribution in [-0.4, -0.2) is 49.4 Å². The molecule has 1 aliphatic carbocycles. The Morgan fingerprint density at radius 1 is 1.35 bits per heavy atom. The van der Waals surface area contributed by atoms with Gasteiger partial charge in [0.05, 0.1) is 11.9 Å². The average molecular weight is 297 g/mol. The second-order valence-corrected chi connectivity index (χ2v) is 8.30. The fourth-order valence-electron chi connectivity index (χ4n) is 3.37. The maximum atomic E-state index is 11.8. The van der Waals surface area contributed by atoms with Gasteiger partial charge < -0.3 is 4.90 Å². The second kappa shape index (κ2) is 5.48. The molecule has 20 heavy (non-hydrogen) atoms. The van der Waals surface area contributed by atoms with Gasteiger partial charge in [-0.1, -0.05) is 6.42 Å². The number of H-pyrrole nitrogens is 1. The van der Waals surface area contributed by atoms with Crippen LogP contribution >= 0.6 is 0 Å². The number of rotatable bonds is 4. The average Bonchev–Trinajstić information content (AvgIpc) is 2.83. The molecule has 0 spiro atoms. The first-order chi connectivity index (χ1) is 9.54. The minimum absolute atomic E-state index is 0.274. The van der Waals surface area contributed by atoms with Crippen LogP contribution in [0.15, 0.2) is 11.1 Å². The molecule has 1 atom stereocenters. The predicted molar refractivity (Wildman–Crippen MR) is 77.5 cm³/mol. The van der Waals surface area contributed by atoms with E-state index < -0.39 is 9.84 Å². The quantitative estimate of drug-likeness (QED) is 0.920. The van der Waals surface area contributed by atoms with Crippen molar-refractivity contribution in [2.75, 3.05) is 25.9 Å². The first kappa shape index (κ1) is 14.1. The summed E-state index contributed by atoms with van der Waals surface area (Å²) in [5.41, 5.74) is 0.811. The number of nitrogens with one attached hydrogen (secondary N) is 1. The zero-order valence-corrected chi connectivity index (χ0v) is 12.8. The molecule has 2 aliphatic rings. The molecule has 0 bridgehead atoms. The van der Waals surface area contributed by atoms with Crippen LogP contribution in [0, 0.1) is 5.92 Å². The third kappa shape index (κ3) is 2.91. The molecule has 1 saturated carbocycles. The summed E-state index contributed by atoms with van der Waals surface area (Å²) in [5, 5.41) is 6.88. The summed E-state index contributed by atoms with van der Waals surface area (Å²) in [6, 6.07) is 0. The van der Waals surface area contributed by atoms with Crippen molar-refractivity contribution in [1.82, 2.24) is 15.1 Å². The molecule has 1 aliphatic heterocycles. The molecular weight excluding hydrogens is 274 g/mol. The Kier molecular flexibility index (Phi) is 3.86. The van der Waals surface area contributed by atoms with Gasteiger partial charge in [0.2, 0.25) is 0 Å². The zero-order valence-electron chi connectivity index (χ0n) is 12.0. The summed E-state index contributed by atoms with van der Waals surface area (Å²) in [6.07, 6.45) is 9.00. The summed E-state index contributed by atoms with van der Waals surface area (Å²) in [7, 11) is -3.19. The van der Waals surface area contributed by atoms with Crippen LogP contribution in [-0.2, 0) is 9.84 Å². The number of hydrogen-bond donors (Lipinski definition) is 1. The van der Waals surface area contributed by atoms with Crippen molar-refractivity contribution in [3.8, 4) is 0 Å². The number of aromatic nitrogens is 2. The molecule has 5 nitrogen and oxygen atoms in total. The summed E-state index contributed by atoms with van der Waals surface area (Å²) < 4.78 is 23.6. The van der Waals surface area contributed by atoms with E-state index in [0.717, 1.165) is 37.5 Å². The largest absolute Gasteiger partial charge is 0.302 e. The van der Waals surface area contributed by atoms with Gasteiger partial charge in [0.15, 0.2) is 9.84 Å². The first-order valence-corrected chi connectivity index (χ1v) is 9.39. The normalized spacial score (nSPS) is 25.6. The molecule has 1 aromatic rings. The minimum atomic E-state index is -3.19. The van der Waals surface area contributed by atoms with Gasteiger partial charge in [-0.05, 0) is 38.1 Å². The molecule has 1 saturated heterocycles. The Hall–Kier alpha value is -0.880. The maximum Gasteiger partial charge on any atom is 0.178 e.